The minimum Gasteiger partial charge on any atom is -0.264 e. The van der Waals surface area contributed by atoms with Crippen molar-refractivity contribution in [3.05, 3.63) is 0 Å². The Morgan fingerprint density at radius 2 is 1.14 bits per heavy atom. The Balaban J connectivity index is -0.0000000800. The van der Waals surface area contributed by atoms with Crippen LogP contribution in [0.5, 0.6) is 0 Å². The van der Waals surface area contributed by atoms with Gasteiger partial charge < -0.3 is 0 Å². The molecule has 2 N–H and O–H groups in total. The summed E-state index contributed by atoms with van der Waals surface area (Å²) in [6.07, 6.45) is 0. The second-order valence-corrected chi connectivity index (χ2v) is 1.34. The van der Waals surface area contributed by atoms with Gasteiger partial charge in [0.25, 0.3) is 0 Å². The summed E-state index contributed by atoms with van der Waals surface area (Å²) in [5, 5.41) is 0. The van der Waals surface area contributed by atoms with Gasteiger partial charge in [-0.05, 0) is 0 Å². The maximum Gasteiger partial charge on any atom is 0.394 e. The van der Waals surface area contributed by atoms with Crippen LogP contribution in [-0.4, -0.2) is 17.5 Å². The van der Waals surface area contributed by atoms with Gasteiger partial charge in [0, 0.05) is 37.5 Å². The summed E-state index contributed by atoms with van der Waals surface area (Å²) in [5.41, 5.74) is 0. The first-order chi connectivity index (χ1) is 2.00. The fourth-order valence-electron chi connectivity index (χ4n) is 0. The van der Waals surface area contributed by atoms with Gasteiger partial charge in [-0.2, -0.15) is 8.42 Å². The molecule has 53 valence electrons. The molecule has 0 spiro atoms. The summed E-state index contributed by atoms with van der Waals surface area (Å²) < 4.78 is 31.6. The molecule has 0 saturated heterocycles. The van der Waals surface area contributed by atoms with Crippen LogP contribution in [0.15, 0.2) is 0 Å². The van der Waals surface area contributed by atoms with E-state index < -0.39 is 10.4 Å². The van der Waals surface area contributed by atoms with E-state index in [0.717, 1.165) is 0 Å². The zero-order valence-corrected chi connectivity index (χ0v) is 6.05. The number of hydrogen-bond donors (Lipinski definition) is 2. The molecule has 7 heteroatoms. The maximum absolute atomic E-state index is 8.74. The maximum atomic E-state index is 8.74. The molecule has 4 nitrogen and oxygen atoms in total. The Morgan fingerprint density at radius 1 is 1.14 bits per heavy atom. The summed E-state index contributed by atoms with van der Waals surface area (Å²) in [6, 6.07) is 0. The van der Waals surface area contributed by atoms with E-state index in [-0.39, 0.29) is 37.5 Å². The average Bonchev–Trinajstić information content (AvgIpc) is 0.722. The second kappa shape index (κ2) is 5.19. The van der Waals surface area contributed by atoms with Crippen molar-refractivity contribution in [1.82, 2.24) is 0 Å². The van der Waals surface area contributed by atoms with E-state index in [4.69, 9.17) is 17.5 Å². The summed E-state index contributed by atoms with van der Waals surface area (Å²) in [5.74, 6) is 0. The van der Waals surface area contributed by atoms with Crippen LogP contribution in [0.4, 0.5) is 0 Å². The van der Waals surface area contributed by atoms with Crippen LogP contribution in [0.2, 0.25) is 0 Å². The number of hydrogen-bond acceptors (Lipinski definition) is 2. The average molecular weight is 268 g/mol. The minimum absolute atomic E-state index is 0. The predicted molar refractivity (Wildman–Crippen MR) is 14.2 cm³/mol. The smallest absolute Gasteiger partial charge is 0.264 e. The Morgan fingerprint density at radius 3 is 1.14 bits per heavy atom. The van der Waals surface area contributed by atoms with Gasteiger partial charge in [-0.3, -0.25) is 9.11 Å². The predicted octanol–water partition coefficient (Wildman–Crippen LogP) is -0.658. The molecule has 0 aromatic heterocycles. The fourth-order valence-corrected chi connectivity index (χ4v) is 0. The van der Waals surface area contributed by atoms with E-state index in [2.05, 4.69) is 0 Å². The summed E-state index contributed by atoms with van der Waals surface area (Å²) >= 11 is 0. The van der Waals surface area contributed by atoms with Crippen LogP contribution in [-0.2, 0) is 47.9 Å². The van der Waals surface area contributed by atoms with Gasteiger partial charge in [0.1, 0.15) is 0 Å². The summed E-state index contributed by atoms with van der Waals surface area (Å²) in [7, 11) is -4.67. The monoisotopic (exact) mass is 267 g/mol. The van der Waals surface area contributed by atoms with Crippen molar-refractivity contribution >= 4 is 10.4 Å². The molecule has 0 aromatic carbocycles. The van der Waals surface area contributed by atoms with Gasteiger partial charge >= 0.3 is 10.4 Å². The van der Waals surface area contributed by atoms with Crippen LogP contribution in [0, 0.1) is 0 Å². The van der Waals surface area contributed by atoms with Crippen molar-refractivity contribution in [2.45, 2.75) is 0 Å². The molecule has 0 unspecified atom stereocenters. The molecule has 0 aliphatic heterocycles. The number of rotatable bonds is 0. The molecule has 0 rings (SSSR count). The summed E-state index contributed by atoms with van der Waals surface area (Å²) in [4.78, 5) is 0. The molecule has 0 amide bonds. The largest absolute Gasteiger partial charge is 0.394 e. The molecule has 7 heavy (non-hydrogen) atoms. The molecule has 0 aliphatic rings. The first-order valence-corrected chi connectivity index (χ1v) is 2.10. The Kier molecular flexibility index (Phi) is 11.6. The molecular formula is H2CuO4PdS. The first-order valence-electron chi connectivity index (χ1n) is 0.698. The van der Waals surface area contributed by atoms with Crippen molar-refractivity contribution in [2.75, 3.05) is 0 Å². The van der Waals surface area contributed by atoms with Crippen LogP contribution >= 0.6 is 0 Å². The van der Waals surface area contributed by atoms with E-state index in [1.54, 1.807) is 0 Å². The minimum atomic E-state index is -4.67. The summed E-state index contributed by atoms with van der Waals surface area (Å²) in [6.45, 7) is 0. The van der Waals surface area contributed by atoms with Crippen molar-refractivity contribution in [1.29, 1.82) is 0 Å². The molecular weight excluding hydrogens is 266 g/mol. The van der Waals surface area contributed by atoms with Crippen molar-refractivity contribution in [3.63, 3.8) is 0 Å². The second-order valence-electron chi connectivity index (χ2n) is 0.448. The molecule has 0 atom stereocenters. The van der Waals surface area contributed by atoms with E-state index in [9.17, 15) is 0 Å². The van der Waals surface area contributed by atoms with Gasteiger partial charge in [0.15, 0.2) is 0 Å². The van der Waals surface area contributed by atoms with Crippen molar-refractivity contribution in [3.8, 4) is 0 Å². The molecule has 1 radical (unpaired) electrons. The van der Waals surface area contributed by atoms with Gasteiger partial charge in [0.2, 0.25) is 0 Å². The van der Waals surface area contributed by atoms with Crippen LogP contribution in [0.3, 0.4) is 0 Å². The molecule has 0 aromatic rings. The van der Waals surface area contributed by atoms with Crippen LogP contribution in [0.25, 0.3) is 0 Å². The fraction of sp³-hybridized carbons (Fsp3) is 0. The third-order valence-electron chi connectivity index (χ3n) is 0. The van der Waals surface area contributed by atoms with Gasteiger partial charge in [-0.15, -0.1) is 0 Å². The van der Waals surface area contributed by atoms with Crippen LogP contribution in [0.1, 0.15) is 0 Å². The molecule has 0 fully saturated rings. The van der Waals surface area contributed by atoms with E-state index in [0.29, 0.717) is 0 Å². The van der Waals surface area contributed by atoms with E-state index >= 15 is 0 Å². The SMILES string of the molecule is O=S(=O)(O)O.[Cu].[Pd]. The topological polar surface area (TPSA) is 74.6 Å². The molecule has 0 aliphatic carbocycles. The normalized spacial score (nSPS) is 8.29. The third kappa shape index (κ3) is 163. The van der Waals surface area contributed by atoms with Gasteiger partial charge in [0.05, 0.1) is 0 Å². The van der Waals surface area contributed by atoms with E-state index in [1.807, 2.05) is 0 Å². The van der Waals surface area contributed by atoms with Gasteiger partial charge in [-0.25, -0.2) is 0 Å². The quantitative estimate of drug-likeness (QED) is 0.452. The molecule has 0 heterocycles. The Labute approximate surface area is 65.4 Å². The zero-order chi connectivity index (χ0) is 4.50. The standard InChI is InChI=1S/Cu.H2O4S.Pd/c;1-5(2,3)4;/h;(H2,1,2,3,4);. The van der Waals surface area contributed by atoms with Crippen molar-refractivity contribution in [2.24, 2.45) is 0 Å². The molecule has 0 bridgehead atoms. The van der Waals surface area contributed by atoms with Crippen LogP contribution < -0.4 is 0 Å². The van der Waals surface area contributed by atoms with Crippen molar-refractivity contribution < 1.29 is 55.0 Å². The Hall–Kier alpha value is 1.05. The Bertz CT molecular complexity index is 94.9. The molecule has 0 saturated carbocycles. The first kappa shape index (κ1) is 15.7. The zero-order valence-electron chi connectivity index (χ0n) is 2.74. The third-order valence-corrected chi connectivity index (χ3v) is 0. The van der Waals surface area contributed by atoms with Gasteiger partial charge in [-0.1, -0.05) is 0 Å². The van der Waals surface area contributed by atoms with E-state index in [1.165, 1.54) is 0 Å².